The topological polar surface area (TPSA) is 39.1 Å². The van der Waals surface area contributed by atoms with Gasteiger partial charge in [-0.1, -0.05) is 0 Å². The van der Waals surface area contributed by atoms with Gasteiger partial charge in [0.05, 0.1) is 13.3 Å². The van der Waals surface area contributed by atoms with Gasteiger partial charge in [0, 0.05) is 11.4 Å². The van der Waals surface area contributed by atoms with Crippen LogP contribution in [0, 0.1) is 5.13 Å². The Labute approximate surface area is 124 Å². The minimum Gasteiger partial charge on any atom is -0.478 e. The first-order valence-corrected chi connectivity index (χ1v) is 6.28. The summed E-state index contributed by atoms with van der Waals surface area (Å²) in [5, 5.41) is 6.58. The molecule has 1 N–H and O–H groups in total. The quantitative estimate of drug-likeness (QED) is 0.884. The van der Waals surface area contributed by atoms with Crippen LogP contribution in [0.1, 0.15) is 4.88 Å². The zero-order valence-electron chi connectivity index (χ0n) is 10.5. The molecule has 20 heavy (non-hydrogen) atoms. The van der Waals surface area contributed by atoms with Crippen molar-refractivity contribution in [3.63, 3.8) is 0 Å². The van der Waals surface area contributed by atoms with E-state index in [1.807, 2.05) is 0 Å². The average molecular weight is 328 g/mol. The standard InChI is InChI=1S/C11H12F3N3OS.ClH/c1-18-11-8(5-17(16-11)6-9(12)13)15-4-7-2-3-10(14)19-7;/h2-3,5,9,15H,4,6H2,1H3;1H. The van der Waals surface area contributed by atoms with Crippen LogP contribution in [-0.4, -0.2) is 23.3 Å². The van der Waals surface area contributed by atoms with Crippen LogP contribution in [0.4, 0.5) is 18.9 Å². The lowest BCUT2D eigenvalue weighted by Gasteiger charge is -2.02. The van der Waals surface area contributed by atoms with Crippen molar-refractivity contribution < 1.29 is 17.9 Å². The zero-order valence-corrected chi connectivity index (χ0v) is 12.1. The minimum atomic E-state index is -2.48. The zero-order chi connectivity index (χ0) is 13.8. The molecule has 0 fully saturated rings. The molecule has 2 aromatic rings. The molecule has 0 aromatic carbocycles. The SMILES string of the molecule is COc1nn(CC(F)F)cc1NCc1ccc(F)s1.Cl. The van der Waals surface area contributed by atoms with Gasteiger partial charge in [-0.2, -0.15) is 4.39 Å². The molecule has 0 aliphatic heterocycles. The minimum absolute atomic E-state index is 0. The Bertz CT molecular complexity index is 547. The number of hydrogen-bond donors (Lipinski definition) is 1. The van der Waals surface area contributed by atoms with E-state index in [-0.39, 0.29) is 23.4 Å². The van der Waals surface area contributed by atoms with E-state index < -0.39 is 13.0 Å². The van der Waals surface area contributed by atoms with Crippen LogP contribution in [0.25, 0.3) is 0 Å². The van der Waals surface area contributed by atoms with Crippen molar-refractivity contribution in [1.82, 2.24) is 9.78 Å². The van der Waals surface area contributed by atoms with E-state index in [1.165, 1.54) is 19.4 Å². The second kappa shape index (κ2) is 7.39. The molecule has 0 atom stereocenters. The van der Waals surface area contributed by atoms with Gasteiger partial charge in [0.15, 0.2) is 5.13 Å². The van der Waals surface area contributed by atoms with Crippen LogP contribution in [0.2, 0.25) is 0 Å². The van der Waals surface area contributed by atoms with E-state index in [9.17, 15) is 13.2 Å². The highest BCUT2D eigenvalue weighted by Gasteiger charge is 2.12. The third kappa shape index (κ3) is 4.31. The summed E-state index contributed by atoms with van der Waals surface area (Å²) in [6.07, 6.45) is -1.04. The lowest BCUT2D eigenvalue weighted by molar-refractivity contribution is 0.121. The molecule has 0 aliphatic carbocycles. The molecule has 4 nitrogen and oxygen atoms in total. The van der Waals surface area contributed by atoms with Crippen LogP contribution >= 0.6 is 23.7 Å². The number of methoxy groups -OCH3 is 1. The van der Waals surface area contributed by atoms with Gasteiger partial charge < -0.3 is 10.1 Å². The van der Waals surface area contributed by atoms with E-state index in [2.05, 4.69) is 10.4 Å². The average Bonchev–Trinajstić information content (AvgIpc) is 2.92. The number of halogens is 4. The van der Waals surface area contributed by atoms with E-state index in [1.54, 1.807) is 6.07 Å². The Morgan fingerprint density at radius 2 is 2.20 bits per heavy atom. The third-order valence-corrected chi connectivity index (χ3v) is 3.20. The molecule has 0 saturated heterocycles. The van der Waals surface area contributed by atoms with Gasteiger partial charge in [-0.05, 0) is 12.1 Å². The number of thiophene rings is 1. The highest BCUT2D eigenvalue weighted by Crippen LogP contribution is 2.24. The maximum Gasteiger partial charge on any atom is 0.257 e. The maximum absolute atomic E-state index is 12.8. The lowest BCUT2D eigenvalue weighted by atomic mass is 10.4. The Morgan fingerprint density at radius 3 is 2.75 bits per heavy atom. The number of anilines is 1. The van der Waals surface area contributed by atoms with Crippen molar-refractivity contribution in [3.05, 3.63) is 28.3 Å². The molecule has 0 aliphatic rings. The van der Waals surface area contributed by atoms with Gasteiger partial charge in [-0.3, -0.25) is 4.68 Å². The fourth-order valence-electron chi connectivity index (χ4n) is 1.54. The number of alkyl halides is 2. The van der Waals surface area contributed by atoms with Crippen molar-refractivity contribution >= 4 is 29.4 Å². The van der Waals surface area contributed by atoms with E-state index >= 15 is 0 Å². The monoisotopic (exact) mass is 327 g/mol. The van der Waals surface area contributed by atoms with Gasteiger partial charge >= 0.3 is 0 Å². The predicted molar refractivity (Wildman–Crippen MR) is 73.6 cm³/mol. The smallest absolute Gasteiger partial charge is 0.257 e. The van der Waals surface area contributed by atoms with Crippen molar-refractivity contribution in [2.45, 2.75) is 19.5 Å². The number of hydrogen-bond acceptors (Lipinski definition) is 4. The highest BCUT2D eigenvalue weighted by atomic mass is 35.5. The van der Waals surface area contributed by atoms with Crippen molar-refractivity contribution in [3.8, 4) is 5.88 Å². The maximum atomic E-state index is 12.8. The van der Waals surface area contributed by atoms with Gasteiger partial charge in [0.1, 0.15) is 12.2 Å². The summed E-state index contributed by atoms with van der Waals surface area (Å²) in [7, 11) is 1.41. The molecule has 0 spiro atoms. The fraction of sp³-hybridized carbons (Fsp3) is 0.364. The molecular weight excluding hydrogens is 315 g/mol. The summed E-state index contributed by atoms with van der Waals surface area (Å²) in [4.78, 5) is 0.793. The summed E-state index contributed by atoms with van der Waals surface area (Å²) < 4.78 is 43.4. The van der Waals surface area contributed by atoms with Crippen LogP contribution in [0.5, 0.6) is 5.88 Å². The van der Waals surface area contributed by atoms with Gasteiger partial charge in [0.2, 0.25) is 0 Å². The van der Waals surface area contributed by atoms with Gasteiger partial charge in [-0.15, -0.1) is 28.8 Å². The normalized spacial score (nSPS) is 10.4. The van der Waals surface area contributed by atoms with Crippen molar-refractivity contribution in [2.24, 2.45) is 0 Å². The van der Waals surface area contributed by atoms with Crippen molar-refractivity contribution in [2.75, 3.05) is 12.4 Å². The molecule has 0 unspecified atom stereocenters. The first-order chi connectivity index (χ1) is 9.08. The van der Waals surface area contributed by atoms with E-state index in [4.69, 9.17) is 4.74 Å². The largest absolute Gasteiger partial charge is 0.478 e. The summed E-state index contributed by atoms with van der Waals surface area (Å²) in [5.74, 6) is 0.234. The molecule has 0 amide bonds. The van der Waals surface area contributed by atoms with E-state index in [0.717, 1.165) is 20.9 Å². The highest BCUT2D eigenvalue weighted by molar-refractivity contribution is 7.10. The second-order valence-electron chi connectivity index (χ2n) is 3.72. The molecular formula is C11H13ClF3N3OS. The molecule has 0 bridgehead atoms. The van der Waals surface area contributed by atoms with Crippen LogP contribution in [0.15, 0.2) is 18.3 Å². The summed E-state index contributed by atoms with van der Waals surface area (Å²) in [5.41, 5.74) is 0.497. The number of nitrogens with zero attached hydrogens (tertiary/aromatic N) is 2. The first-order valence-electron chi connectivity index (χ1n) is 5.46. The van der Waals surface area contributed by atoms with Crippen molar-refractivity contribution in [1.29, 1.82) is 0 Å². The molecule has 0 radical (unpaired) electrons. The molecule has 9 heteroatoms. The van der Waals surface area contributed by atoms with Crippen LogP contribution < -0.4 is 10.1 Å². The molecule has 2 aromatic heterocycles. The Balaban J connectivity index is 0.00000200. The van der Waals surface area contributed by atoms with E-state index in [0.29, 0.717) is 12.2 Å². The number of rotatable bonds is 6. The number of ether oxygens (including phenoxy) is 1. The Hall–Kier alpha value is -1.41. The Morgan fingerprint density at radius 1 is 1.45 bits per heavy atom. The van der Waals surface area contributed by atoms with Gasteiger partial charge in [0.25, 0.3) is 12.3 Å². The number of aromatic nitrogens is 2. The Kier molecular flexibility index (Phi) is 6.15. The summed E-state index contributed by atoms with van der Waals surface area (Å²) >= 11 is 1.02. The number of nitrogens with one attached hydrogen (secondary N) is 1. The molecule has 2 heterocycles. The van der Waals surface area contributed by atoms with Crippen LogP contribution in [-0.2, 0) is 13.1 Å². The molecule has 2 rings (SSSR count). The second-order valence-corrected chi connectivity index (χ2v) is 4.84. The third-order valence-electron chi connectivity index (χ3n) is 2.33. The van der Waals surface area contributed by atoms with Gasteiger partial charge in [-0.25, -0.2) is 8.78 Å². The summed E-state index contributed by atoms with van der Waals surface area (Å²) in [6.45, 7) is -0.114. The molecule has 0 saturated carbocycles. The fourth-order valence-corrected chi connectivity index (χ4v) is 2.21. The molecule has 112 valence electrons. The summed E-state index contributed by atoms with van der Waals surface area (Å²) in [6, 6.07) is 3.03. The predicted octanol–water partition coefficient (Wildman–Crippen LogP) is 3.39. The lowest BCUT2D eigenvalue weighted by Crippen LogP contribution is -2.06. The van der Waals surface area contributed by atoms with Crippen LogP contribution in [0.3, 0.4) is 0 Å². The first kappa shape index (κ1) is 16.6.